The number of piperidine rings is 1. The molecule has 2 heterocycles. The largest absolute Gasteiger partial charge is 0.396 e. The number of rotatable bonds is 9. The molecule has 2 fully saturated rings. The van der Waals surface area contributed by atoms with Gasteiger partial charge in [0.25, 0.3) is 0 Å². The molecule has 2 aliphatic rings. The summed E-state index contributed by atoms with van der Waals surface area (Å²) in [7, 11) is 1.82. The Morgan fingerprint density at radius 1 is 1.22 bits per heavy atom. The minimum absolute atomic E-state index is 0. The summed E-state index contributed by atoms with van der Waals surface area (Å²) in [4.78, 5) is 6.96. The van der Waals surface area contributed by atoms with Crippen LogP contribution in [0.3, 0.4) is 0 Å². The van der Waals surface area contributed by atoms with Crippen molar-refractivity contribution in [3.8, 4) is 0 Å². The van der Waals surface area contributed by atoms with Gasteiger partial charge in [-0.3, -0.25) is 4.99 Å². The van der Waals surface area contributed by atoms with Gasteiger partial charge in [-0.2, -0.15) is 0 Å². The molecule has 27 heavy (non-hydrogen) atoms. The lowest BCUT2D eigenvalue weighted by molar-refractivity contribution is 0.127. The van der Waals surface area contributed by atoms with Crippen LogP contribution in [0, 0.1) is 17.3 Å². The van der Waals surface area contributed by atoms with Crippen molar-refractivity contribution in [1.29, 1.82) is 0 Å². The van der Waals surface area contributed by atoms with E-state index in [1.165, 1.54) is 32.5 Å². The Morgan fingerprint density at radius 3 is 2.56 bits per heavy atom. The van der Waals surface area contributed by atoms with E-state index in [-0.39, 0.29) is 36.0 Å². The molecule has 0 bridgehead atoms. The van der Waals surface area contributed by atoms with Crippen molar-refractivity contribution in [2.24, 2.45) is 22.2 Å². The second-order valence-corrected chi connectivity index (χ2v) is 8.54. The second kappa shape index (κ2) is 13.2. The number of guanidine groups is 1. The van der Waals surface area contributed by atoms with E-state index in [0.717, 1.165) is 63.4 Å². The van der Waals surface area contributed by atoms with Gasteiger partial charge in [-0.1, -0.05) is 13.8 Å². The van der Waals surface area contributed by atoms with Gasteiger partial charge in [-0.25, -0.2) is 0 Å². The highest BCUT2D eigenvalue weighted by Gasteiger charge is 2.34. The maximum Gasteiger partial charge on any atom is 0.190 e. The lowest BCUT2D eigenvalue weighted by Gasteiger charge is -2.35. The Bertz CT molecular complexity index is 420. The number of aliphatic imine (C=N–C) groups is 1. The van der Waals surface area contributed by atoms with Gasteiger partial charge in [0.1, 0.15) is 0 Å². The molecule has 2 aliphatic heterocycles. The average Bonchev–Trinajstić information content (AvgIpc) is 3.05. The van der Waals surface area contributed by atoms with Crippen LogP contribution >= 0.6 is 24.0 Å². The maximum absolute atomic E-state index is 9.32. The predicted octanol–water partition coefficient (Wildman–Crippen LogP) is 2.32. The van der Waals surface area contributed by atoms with Gasteiger partial charge in [0.2, 0.25) is 0 Å². The standard InChI is InChI=1S/C20H40N4O2.HI/c1-17-12-18(2)14-24(13-17)9-5-4-8-22-19(21-3)23-15-20(6-10-25)7-11-26-16-20;/h17-18,25H,4-16H2,1-3H3,(H2,21,22,23);1H. The van der Waals surface area contributed by atoms with Crippen LogP contribution in [0.2, 0.25) is 0 Å². The van der Waals surface area contributed by atoms with E-state index < -0.39 is 0 Å². The quantitative estimate of drug-likeness (QED) is 0.198. The number of halogens is 1. The molecule has 0 saturated carbocycles. The number of aliphatic hydroxyl groups is 1. The van der Waals surface area contributed by atoms with Gasteiger partial charge in [0, 0.05) is 51.9 Å². The van der Waals surface area contributed by atoms with Crippen molar-refractivity contribution in [2.45, 2.75) is 46.0 Å². The summed E-state index contributed by atoms with van der Waals surface area (Å²) in [6.07, 6.45) is 5.55. The number of ether oxygens (including phenoxy) is 1. The first-order valence-corrected chi connectivity index (χ1v) is 10.4. The molecule has 0 radical (unpaired) electrons. The van der Waals surface area contributed by atoms with Gasteiger partial charge < -0.3 is 25.4 Å². The van der Waals surface area contributed by atoms with E-state index in [4.69, 9.17) is 4.74 Å². The molecule has 3 atom stereocenters. The van der Waals surface area contributed by atoms with E-state index >= 15 is 0 Å². The van der Waals surface area contributed by atoms with Gasteiger partial charge in [0.05, 0.1) is 6.61 Å². The van der Waals surface area contributed by atoms with Crippen molar-refractivity contribution in [3.63, 3.8) is 0 Å². The second-order valence-electron chi connectivity index (χ2n) is 8.54. The van der Waals surface area contributed by atoms with Crippen LogP contribution in [0.25, 0.3) is 0 Å². The molecule has 0 aromatic heterocycles. The van der Waals surface area contributed by atoms with E-state index in [0.29, 0.717) is 0 Å². The first-order valence-electron chi connectivity index (χ1n) is 10.4. The number of likely N-dealkylation sites (tertiary alicyclic amines) is 1. The summed E-state index contributed by atoms with van der Waals surface area (Å²) < 4.78 is 5.55. The molecule has 7 heteroatoms. The fraction of sp³-hybridized carbons (Fsp3) is 0.950. The number of nitrogens with zero attached hydrogens (tertiary/aromatic N) is 2. The summed E-state index contributed by atoms with van der Waals surface area (Å²) in [6, 6.07) is 0. The molecule has 0 aliphatic carbocycles. The number of hydrogen-bond donors (Lipinski definition) is 3. The van der Waals surface area contributed by atoms with Crippen LogP contribution in [0.1, 0.15) is 46.0 Å². The molecule has 160 valence electrons. The molecule has 0 spiro atoms. The minimum Gasteiger partial charge on any atom is -0.396 e. The highest BCUT2D eigenvalue weighted by molar-refractivity contribution is 14.0. The molecule has 3 unspecified atom stereocenters. The summed E-state index contributed by atoms with van der Waals surface area (Å²) >= 11 is 0. The van der Waals surface area contributed by atoms with Gasteiger partial charge in [-0.05, 0) is 50.5 Å². The Labute approximate surface area is 182 Å². The van der Waals surface area contributed by atoms with E-state index in [2.05, 4.69) is 34.4 Å². The third-order valence-corrected chi connectivity index (χ3v) is 5.82. The zero-order valence-corrected chi connectivity index (χ0v) is 19.8. The van der Waals surface area contributed by atoms with Crippen molar-refractivity contribution < 1.29 is 9.84 Å². The van der Waals surface area contributed by atoms with Crippen LogP contribution in [-0.2, 0) is 4.74 Å². The molecule has 2 rings (SSSR count). The Kier molecular flexibility index (Phi) is 12.2. The monoisotopic (exact) mass is 496 g/mol. The smallest absolute Gasteiger partial charge is 0.190 e. The van der Waals surface area contributed by atoms with Crippen LogP contribution in [0.15, 0.2) is 4.99 Å². The third kappa shape index (κ3) is 8.83. The molecule has 2 saturated heterocycles. The summed E-state index contributed by atoms with van der Waals surface area (Å²) in [5, 5.41) is 16.2. The number of hydrogen-bond acceptors (Lipinski definition) is 4. The zero-order valence-electron chi connectivity index (χ0n) is 17.5. The van der Waals surface area contributed by atoms with Crippen LogP contribution < -0.4 is 10.6 Å². The van der Waals surface area contributed by atoms with E-state index in [1.807, 2.05) is 7.05 Å². The Morgan fingerprint density at radius 2 is 1.96 bits per heavy atom. The van der Waals surface area contributed by atoms with E-state index in [1.54, 1.807) is 0 Å². The van der Waals surface area contributed by atoms with Crippen molar-refractivity contribution >= 4 is 29.9 Å². The molecule has 0 amide bonds. The first kappa shape index (κ1) is 24.9. The fourth-order valence-electron chi connectivity index (χ4n) is 4.45. The van der Waals surface area contributed by atoms with Gasteiger partial charge in [0.15, 0.2) is 5.96 Å². The molecule has 0 aromatic rings. The number of aliphatic hydroxyl groups excluding tert-OH is 1. The summed E-state index contributed by atoms with van der Waals surface area (Å²) in [5.41, 5.74) is 0.0496. The fourth-order valence-corrected chi connectivity index (χ4v) is 4.45. The molecular weight excluding hydrogens is 455 g/mol. The van der Waals surface area contributed by atoms with E-state index in [9.17, 15) is 5.11 Å². The molecule has 3 N–H and O–H groups in total. The normalized spacial score (nSPS) is 29.4. The van der Waals surface area contributed by atoms with Crippen molar-refractivity contribution in [1.82, 2.24) is 15.5 Å². The first-order chi connectivity index (χ1) is 12.6. The number of unbranched alkanes of at least 4 members (excludes halogenated alkanes) is 1. The lowest BCUT2D eigenvalue weighted by atomic mass is 9.84. The molecule has 0 aromatic carbocycles. The Hall–Kier alpha value is -0.120. The summed E-state index contributed by atoms with van der Waals surface area (Å²) in [5.74, 6) is 2.53. The third-order valence-electron chi connectivity index (χ3n) is 5.82. The molecule has 6 nitrogen and oxygen atoms in total. The summed E-state index contributed by atoms with van der Waals surface area (Å²) in [6.45, 7) is 12.0. The van der Waals surface area contributed by atoms with Crippen molar-refractivity contribution in [2.75, 3.05) is 59.6 Å². The maximum atomic E-state index is 9.32. The topological polar surface area (TPSA) is 69.1 Å². The molecular formula is C20H41IN4O2. The highest BCUT2D eigenvalue weighted by atomic mass is 127. The zero-order chi connectivity index (χ0) is 18.8. The van der Waals surface area contributed by atoms with Crippen molar-refractivity contribution in [3.05, 3.63) is 0 Å². The Balaban J connectivity index is 0.00000364. The SMILES string of the molecule is CN=C(NCCCCN1CC(C)CC(C)C1)NCC1(CCO)CCOC1.I. The predicted molar refractivity (Wildman–Crippen MR) is 123 cm³/mol. The highest BCUT2D eigenvalue weighted by Crippen LogP contribution is 2.31. The van der Waals surface area contributed by atoms with Gasteiger partial charge >= 0.3 is 0 Å². The average molecular weight is 496 g/mol. The lowest BCUT2D eigenvalue weighted by Crippen LogP contribution is -2.44. The van der Waals surface area contributed by atoms with Crippen LogP contribution in [-0.4, -0.2) is 75.6 Å². The number of nitrogens with one attached hydrogen (secondary N) is 2. The van der Waals surface area contributed by atoms with Gasteiger partial charge in [-0.15, -0.1) is 24.0 Å². The minimum atomic E-state index is 0. The van der Waals surface area contributed by atoms with Crippen LogP contribution in [0.4, 0.5) is 0 Å². The van der Waals surface area contributed by atoms with Crippen LogP contribution in [0.5, 0.6) is 0 Å².